The van der Waals surface area contributed by atoms with Gasteiger partial charge >= 0.3 is 18.5 Å². The smallest absolute Gasteiger partial charge is 0.433 e. The summed E-state index contributed by atoms with van der Waals surface area (Å²) in [6.45, 7) is 9.34. The summed E-state index contributed by atoms with van der Waals surface area (Å²) in [6.07, 6.45) is 12.2. The number of nitrogen functional groups attached to an aromatic ring is 2. The molecule has 34 nitrogen and oxygen atoms in total. The predicted octanol–water partition coefficient (Wildman–Crippen LogP) is 15.0. The molecule has 0 unspecified atom stereocenters. The normalized spacial score (nSPS) is 13.1. The van der Waals surface area contributed by atoms with Crippen molar-refractivity contribution >= 4 is 57.9 Å². The van der Waals surface area contributed by atoms with Crippen LogP contribution in [0.25, 0.3) is 113 Å². The second kappa shape index (κ2) is 42.1. The molecule has 0 atom stereocenters. The first-order chi connectivity index (χ1) is 66.5. The number of carbonyl (C=O) groups is 4. The number of pyridine rings is 8. The Kier molecular flexibility index (Phi) is 29.0. The first-order valence-electron chi connectivity index (χ1n) is 44.0. The van der Waals surface area contributed by atoms with Crippen LogP contribution in [-0.2, 0) is 37.7 Å². The average molecular weight is 1890 g/mol. The van der Waals surface area contributed by atoms with E-state index < -0.39 is 47.0 Å². The van der Waals surface area contributed by atoms with Gasteiger partial charge in [0.05, 0.1) is 108 Å². The molecule has 710 valence electrons. The van der Waals surface area contributed by atoms with Crippen LogP contribution in [0.1, 0.15) is 94.1 Å². The fourth-order valence-electron chi connectivity index (χ4n) is 13.9. The molecule has 0 bridgehead atoms. The Bertz CT molecular complexity index is 7010. The molecule has 16 heterocycles. The highest BCUT2D eigenvalue weighted by atomic mass is 19.4. The van der Waals surface area contributed by atoms with Gasteiger partial charge in [0.2, 0.25) is 47.1 Å². The van der Waals surface area contributed by atoms with Crippen molar-refractivity contribution in [2.75, 3.05) is 64.1 Å². The van der Waals surface area contributed by atoms with Crippen LogP contribution in [0.4, 0.5) is 51.1 Å². The van der Waals surface area contributed by atoms with Gasteiger partial charge in [-0.2, -0.15) is 59.9 Å². The lowest BCUT2D eigenvalue weighted by Crippen LogP contribution is -2.29. The van der Waals surface area contributed by atoms with Crippen molar-refractivity contribution in [3.63, 3.8) is 0 Å². The van der Waals surface area contributed by atoms with Crippen LogP contribution in [0.5, 0.6) is 23.5 Å². The van der Waals surface area contributed by atoms with Gasteiger partial charge < -0.3 is 51.7 Å². The number of rotatable bonds is 31. The van der Waals surface area contributed by atoms with E-state index >= 15 is 0 Å². The van der Waals surface area contributed by atoms with Gasteiger partial charge in [0.15, 0.2) is 22.6 Å². The quantitative estimate of drug-likeness (QED) is 0.0174. The fourth-order valence-corrected chi connectivity index (χ4v) is 13.9. The van der Waals surface area contributed by atoms with E-state index in [1.54, 1.807) is 104 Å². The van der Waals surface area contributed by atoms with E-state index in [1.165, 1.54) is 50.6 Å². The molecule has 19 rings (SSSR count). The van der Waals surface area contributed by atoms with E-state index in [9.17, 15) is 58.7 Å². The van der Waals surface area contributed by atoms with Crippen LogP contribution in [-0.4, -0.2) is 174 Å². The molecule has 43 heteroatoms. The number of hydrogen-bond donors (Lipinski definition) is 6. The molecule has 3 fully saturated rings. The van der Waals surface area contributed by atoms with Crippen LogP contribution in [0.3, 0.4) is 0 Å². The number of aryl methyl sites for hydroxylation is 1. The highest BCUT2D eigenvalue weighted by Crippen LogP contribution is 2.40. The average Bonchev–Trinajstić information content (AvgIpc) is 1.57. The summed E-state index contributed by atoms with van der Waals surface area (Å²) in [6, 6.07) is 36.8. The van der Waals surface area contributed by atoms with Crippen LogP contribution >= 0.6 is 0 Å². The van der Waals surface area contributed by atoms with Crippen LogP contribution in [0, 0.1) is 30.6 Å². The van der Waals surface area contributed by atoms with Crippen LogP contribution < -0.4 is 51.7 Å². The van der Waals surface area contributed by atoms with Crippen molar-refractivity contribution in [1.82, 2.24) is 120 Å². The summed E-state index contributed by atoms with van der Waals surface area (Å²) in [4.78, 5) is 95.9. The summed E-state index contributed by atoms with van der Waals surface area (Å²) >= 11 is 0. The number of halogens is 9. The Morgan fingerprint density at radius 2 is 0.667 bits per heavy atom. The standard InChI is InChI=1S/C24H24F3N7O2.C24H21F3N6O2.C24H24N6O2.C23H20F3N7O2/c1-14(2)23(35)29-8-3-9-36-21-7-4-15(11-31-21)18-5-6-20-30-13-19(34(20)33-18)16-10-17(24(25,26)27)22(28)32-12-16;25-24(26,27)20-12-16(8-10-28-20)19-14-30-21-6-5-18(32-33(19)21)17-4-7-22(31-13-17)35-11-1-9-29-23(34)15-2-3-15;1-16-13-18(9-11-25-16)21-15-27-22-7-6-20(29-30(21)22)19-5-8-23(28-14-19)32-12-2-10-26-24(31)17-3-4-17;24-23(25,26)16-9-15(11-31-21(16)27)18-12-29-19-5-4-17(32-33(18)19)14-3-6-20(30-10-14)35-8-7-28-22(34)13-1-2-13/h4-7,10-14H,3,8-9H2,1-2H3,(H2,28,32)(H,29,35);4-8,10,12-15H,1-3,9,11H2,(H,29,34);5-9,11,13-15,17H,2-4,10,12H2,1H3,(H,26,31);3-6,9-13H,1-2,7-8H2,(H2,27,31)(H,28,34). The molecule has 0 radical (unpaired) electrons. The lowest BCUT2D eigenvalue weighted by atomic mass is 10.1. The number of anilines is 2. The maximum Gasteiger partial charge on any atom is 0.433 e. The van der Waals surface area contributed by atoms with Gasteiger partial charge in [-0.15, -0.1) is 0 Å². The molecular formula is C95H89F9N26O8. The molecule has 16 aromatic rings. The Balaban J connectivity index is 0.000000133. The van der Waals surface area contributed by atoms with Crippen molar-refractivity contribution in [2.45, 2.75) is 97.1 Å². The molecule has 0 saturated heterocycles. The summed E-state index contributed by atoms with van der Waals surface area (Å²) < 4.78 is 148. The zero-order chi connectivity index (χ0) is 96.8. The maximum atomic E-state index is 13.3. The third-order valence-corrected chi connectivity index (χ3v) is 21.8. The van der Waals surface area contributed by atoms with E-state index in [2.05, 4.69) is 96.4 Å². The monoisotopic (exact) mass is 1890 g/mol. The lowest BCUT2D eigenvalue weighted by Gasteiger charge is -2.11. The fraction of sp³-hybridized carbons (Fsp3) is 0.284. The summed E-state index contributed by atoms with van der Waals surface area (Å²) in [5.41, 5.74) is 20.0. The number of nitrogens with one attached hydrogen (secondary N) is 4. The van der Waals surface area contributed by atoms with Gasteiger partial charge in [-0.3, -0.25) is 29.1 Å². The number of hydrogen-bond acceptors (Lipinski definition) is 26. The minimum Gasteiger partial charge on any atom is -0.478 e. The first-order valence-corrected chi connectivity index (χ1v) is 44.0. The second-order valence-electron chi connectivity index (χ2n) is 32.6. The van der Waals surface area contributed by atoms with E-state index in [4.69, 9.17) is 35.5 Å². The van der Waals surface area contributed by atoms with Crippen molar-refractivity contribution in [1.29, 1.82) is 0 Å². The minimum atomic E-state index is -4.64. The zero-order valence-electron chi connectivity index (χ0n) is 74.2. The Morgan fingerprint density at radius 1 is 0.348 bits per heavy atom. The number of fused-ring (bicyclic) bond motifs is 4. The summed E-state index contributed by atoms with van der Waals surface area (Å²) in [5, 5.41) is 29.9. The number of nitrogens with zero attached hydrogens (tertiary/aromatic N) is 20. The van der Waals surface area contributed by atoms with Crippen molar-refractivity contribution in [3.8, 4) is 114 Å². The second-order valence-corrected chi connectivity index (χ2v) is 32.6. The Hall–Kier alpha value is -16.3. The third kappa shape index (κ3) is 24.3. The molecule has 0 aromatic carbocycles. The molecule has 16 aromatic heterocycles. The molecule has 4 amide bonds. The van der Waals surface area contributed by atoms with Crippen molar-refractivity contribution < 1.29 is 77.6 Å². The number of amides is 4. The summed E-state index contributed by atoms with van der Waals surface area (Å²) in [5.74, 6) is 1.48. The molecule has 0 aliphatic heterocycles. The predicted molar refractivity (Wildman–Crippen MR) is 487 cm³/mol. The molecule has 3 aliphatic rings. The van der Waals surface area contributed by atoms with Gasteiger partial charge in [-0.05, 0) is 174 Å². The highest BCUT2D eigenvalue weighted by Gasteiger charge is 2.38. The first kappa shape index (κ1) is 94.9. The van der Waals surface area contributed by atoms with Gasteiger partial charge in [0, 0.05) is 167 Å². The minimum absolute atomic E-state index is 0.00329. The number of imidazole rings is 4. The van der Waals surface area contributed by atoms with E-state index in [1.807, 2.05) is 67.9 Å². The zero-order valence-corrected chi connectivity index (χ0v) is 74.2. The number of aromatic nitrogens is 20. The van der Waals surface area contributed by atoms with E-state index in [0.29, 0.717) is 162 Å². The van der Waals surface area contributed by atoms with Gasteiger partial charge in [0.1, 0.15) is 23.9 Å². The Morgan fingerprint density at radius 3 is 0.986 bits per heavy atom. The molecule has 138 heavy (non-hydrogen) atoms. The lowest BCUT2D eigenvalue weighted by molar-refractivity contribution is -0.141. The third-order valence-electron chi connectivity index (χ3n) is 21.8. The molecular weight excluding hydrogens is 1800 g/mol. The SMILES string of the molecule is CC(C)C(=O)NCCCOc1ccc(-c2ccc3ncc(-c4cnc(N)c(C(F)(F)F)c4)n3n2)cn1.Cc1cc(-c2cnc3ccc(-c4ccc(OCCCNC(=O)C5CC5)nc4)nn23)ccn1.Nc1ncc(-c2cnc3ccc(-c4ccc(OCCNC(=O)C5CC5)nc4)nn23)cc1C(F)(F)F.O=C(NCCCOc1ccc(-c2ccc3ncc(-c4ccnc(C(F)(F)F)c4)n3n2)cn1)C1CC1. The molecule has 3 saturated carbocycles. The van der Waals surface area contributed by atoms with Gasteiger partial charge in [-0.1, -0.05) is 13.8 Å². The van der Waals surface area contributed by atoms with Gasteiger partial charge in [0.25, 0.3) is 0 Å². The van der Waals surface area contributed by atoms with E-state index in [0.717, 1.165) is 103 Å². The Labute approximate surface area is 780 Å². The molecule has 0 spiro atoms. The number of alkyl halides is 9. The number of nitrogens with two attached hydrogens (primary N) is 2. The summed E-state index contributed by atoms with van der Waals surface area (Å²) in [7, 11) is 0. The van der Waals surface area contributed by atoms with Crippen molar-refractivity contribution in [2.24, 2.45) is 23.7 Å². The van der Waals surface area contributed by atoms with E-state index in [-0.39, 0.29) is 58.4 Å². The number of ether oxygens (including phenoxy) is 4. The van der Waals surface area contributed by atoms with Crippen LogP contribution in [0.15, 0.2) is 208 Å². The number of carbonyl (C=O) groups excluding carboxylic acids is 4. The van der Waals surface area contributed by atoms with Crippen LogP contribution in [0.2, 0.25) is 0 Å². The topological polar surface area (TPSA) is 429 Å². The highest BCUT2D eigenvalue weighted by molar-refractivity contribution is 5.82. The van der Waals surface area contributed by atoms with Gasteiger partial charge in [-0.25, -0.2) is 67.9 Å². The molecule has 8 N–H and O–H groups in total. The maximum absolute atomic E-state index is 13.3. The largest absolute Gasteiger partial charge is 0.478 e. The van der Waals surface area contributed by atoms with Crippen molar-refractivity contribution in [3.05, 3.63) is 230 Å². The molecule has 3 aliphatic carbocycles.